The fraction of sp³-hybridized carbons (Fsp3) is 0.0588. The number of nitrogen functional groups attached to an aromatic ring is 1. The fourth-order valence-corrected chi connectivity index (χ4v) is 2.18. The van der Waals surface area contributed by atoms with E-state index in [0.29, 0.717) is 5.82 Å². The third kappa shape index (κ3) is 3.68. The van der Waals surface area contributed by atoms with Gasteiger partial charge in [0.05, 0.1) is 5.69 Å². The van der Waals surface area contributed by atoms with Gasteiger partial charge in [-0.2, -0.15) is 5.10 Å². The zero-order valence-corrected chi connectivity index (χ0v) is 12.6. The molecular formula is C17H17N5O. The lowest BCUT2D eigenvalue weighted by molar-refractivity contribution is -0.114. The Kier molecular flexibility index (Phi) is 3.97. The molecule has 0 bridgehead atoms. The highest BCUT2D eigenvalue weighted by atomic mass is 16.1. The minimum Gasteiger partial charge on any atom is -0.399 e. The second-order valence-corrected chi connectivity index (χ2v) is 5.17. The van der Waals surface area contributed by atoms with Gasteiger partial charge in [-0.25, -0.2) is 0 Å². The number of rotatable bonds is 4. The van der Waals surface area contributed by atoms with E-state index in [9.17, 15) is 4.79 Å². The Morgan fingerprint density at radius 3 is 2.35 bits per heavy atom. The zero-order valence-electron chi connectivity index (χ0n) is 12.6. The summed E-state index contributed by atoms with van der Waals surface area (Å²) in [5, 5.41) is 13.2. The van der Waals surface area contributed by atoms with E-state index in [2.05, 4.69) is 20.8 Å². The Morgan fingerprint density at radius 1 is 1.04 bits per heavy atom. The molecular weight excluding hydrogens is 290 g/mol. The molecule has 1 amide bonds. The van der Waals surface area contributed by atoms with Crippen molar-refractivity contribution in [1.29, 1.82) is 0 Å². The molecule has 0 unspecified atom stereocenters. The average molecular weight is 307 g/mol. The number of hydrogen-bond donors (Lipinski definition) is 4. The van der Waals surface area contributed by atoms with Crippen LogP contribution in [0.2, 0.25) is 0 Å². The molecule has 0 radical (unpaired) electrons. The molecule has 0 aliphatic rings. The summed E-state index contributed by atoms with van der Waals surface area (Å²) >= 11 is 0. The maximum Gasteiger partial charge on any atom is 0.221 e. The van der Waals surface area contributed by atoms with Gasteiger partial charge in [0.2, 0.25) is 5.91 Å². The molecule has 0 saturated heterocycles. The van der Waals surface area contributed by atoms with Gasteiger partial charge in [0.15, 0.2) is 5.82 Å². The van der Waals surface area contributed by atoms with Crippen molar-refractivity contribution in [3.05, 3.63) is 54.6 Å². The molecule has 5 N–H and O–H groups in total. The molecule has 1 aromatic heterocycles. The summed E-state index contributed by atoms with van der Waals surface area (Å²) in [6.45, 7) is 1.48. The first-order chi connectivity index (χ1) is 11.1. The van der Waals surface area contributed by atoms with Crippen molar-refractivity contribution < 1.29 is 4.79 Å². The zero-order chi connectivity index (χ0) is 16.2. The molecule has 23 heavy (non-hydrogen) atoms. The number of aromatic nitrogens is 2. The van der Waals surface area contributed by atoms with Gasteiger partial charge in [-0.1, -0.05) is 12.1 Å². The SMILES string of the molecule is CC(=O)Nc1ccc(Nc2cc(-c3ccc(N)cc3)[nH]n2)cc1. The van der Waals surface area contributed by atoms with E-state index in [0.717, 1.165) is 28.3 Å². The lowest BCUT2D eigenvalue weighted by Crippen LogP contribution is -2.05. The van der Waals surface area contributed by atoms with Crippen molar-refractivity contribution in [3.63, 3.8) is 0 Å². The number of aromatic amines is 1. The normalized spacial score (nSPS) is 10.3. The van der Waals surface area contributed by atoms with Gasteiger partial charge in [-0.15, -0.1) is 0 Å². The number of nitrogens with zero attached hydrogens (tertiary/aromatic N) is 1. The van der Waals surface area contributed by atoms with E-state index >= 15 is 0 Å². The van der Waals surface area contributed by atoms with Crippen LogP contribution in [0.5, 0.6) is 0 Å². The highest BCUT2D eigenvalue weighted by Crippen LogP contribution is 2.23. The van der Waals surface area contributed by atoms with E-state index in [1.54, 1.807) is 0 Å². The molecule has 0 atom stereocenters. The number of hydrogen-bond acceptors (Lipinski definition) is 4. The second-order valence-electron chi connectivity index (χ2n) is 5.17. The summed E-state index contributed by atoms with van der Waals surface area (Å²) in [5.74, 6) is 0.621. The molecule has 0 fully saturated rings. The van der Waals surface area contributed by atoms with Crippen LogP contribution in [-0.2, 0) is 4.79 Å². The maximum absolute atomic E-state index is 11.0. The van der Waals surface area contributed by atoms with E-state index in [4.69, 9.17) is 5.73 Å². The molecule has 3 rings (SSSR count). The van der Waals surface area contributed by atoms with Crippen molar-refractivity contribution >= 4 is 28.8 Å². The summed E-state index contributed by atoms with van der Waals surface area (Å²) < 4.78 is 0. The number of nitrogens with one attached hydrogen (secondary N) is 3. The fourth-order valence-electron chi connectivity index (χ4n) is 2.18. The minimum atomic E-state index is -0.0915. The number of anilines is 4. The molecule has 3 aromatic rings. The summed E-state index contributed by atoms with van der Waals surface area (Å²) in [6, 6.07) is 16.9. The lowest BCUT2D eigenvalue weighted by atomic mass is 10.1. The summed E-state index contributed by atoms with van der Waals surface area (Å²) in [5.41, 5.74) is 9.98. The molecule has 6 heteroatoms. The van der Waals surface area contributed by atoms with Gasteiger partial charge in [-0.05, 0) is 42.0 Å². The topological polar surface area (TPSA) is 95.8 Å². The van der Waals surface area contributed by atoms with E-state index < -0.39 is 0 Å². The predicted octanol–water partition coefficient (Wildman–Crippen LogP) is 3.36. The molecule has 0 saturated carbocycles. The van der Waals surface area contributed by atoms with Crippen LogP contribution in [0, 0.1) is 0 Å². The lowest BCUT2D eigenvalue weighted by Gasteiger charge is -2.05. The van der Waals surface area contributed by atoms with Crippen LogP contribution in [0.3, 0.4) is 0 Å². The molecule has 116 valence electrons. The Balaban J connectivity index is 1.71. The van der Waals surface area contributed by atoms with Gasteiger partial charge >= 0.3 is 0 Å². The smallest absolute Gasteiger partial charge is 0.221 e. The van der Waals surface area contributed by atoms with Crippen molar-refractivity contribution in [1.82, 2.24) is 10.2 Å². The van der Waals surface area contributed by atoms with Crippen LogP contribution < -0.4 is 16.4 Å². The first kappa shape index (κ1) is 14.6. The largest absolute Gasteiger partial charge is 0.399 e. The number of amides is 1. The molecule has 0 aliphatic carbocycles. The van der Waals surface area contributed by atoms with Gasteiger partial charge in [0.1, 0.15) is 0 Å². The van der Waals surface area contributed by atoms with Crippen LogP contribution in [0.4, 0.5) is 22.9 Å². The average Bonchev–Trinajstić information content (AvgIpc) is 2.98. The standard InChI is InChI=1S/C17H17N5O/c1-11(23)19-14-6-8-15(9-7-14)20-17-10-16(21-22-17)12-2-4-13(18)5-3-12/h2-10H,18H2,1H3,(H,19,23)(H2,20,21,22). The summed E-state index contributed by atoms with van der Waals surface area (Å²) in [6.07, 6.45) is 0. The first-order valence-electron chi connectivity index (χ1n) is 7.16. The molecule has 6 nitrogen and oxygen atoms in total. The predicted molar refractivity (Wildman–Crippen MR) is 92.5 cm³/mol. The Hall–Kier alpha value is -3.28. The van der Waals surface area contributed by atoms with Gasteiger partial charge in [-0.3, -0.25) is 9.89 Å². The van der Waals surface area contributed by atoms with Crippen molar-refractivity contribution in [2.75, 3.05) is 16.4 Å². The third-order valence-electron chi connectivity index (χ3n) is 3.28. The van der Waals surface area contributed by atoms with Crippen LogP contribution >= 0.6 is 0 Å². The maximum atomic E-state index is 11.0. The second kappa shape index (κ2) is 6.23. The van der Waals surface area contributed by atoms with Gasteiger partial charge < -0.3 is 16.4 Å². The van der Waals surface area contributed by atoms with Crippen LogP contribution in [-0.4, -0.2) is 16.1 Å². The summed E-state index contributed by atoms with van der Waals surface area (Å²) in [4.78, 5) is 11.0. The summed E-state index contributed by atoms with van der Waals surface area (Å²) in [7, 11) is 0. The number of carbonyl (C=O) groups excluding carboxylic acids is 1. The third-order valence-corrected chi connectivity index (χ3v) is 3.28. The Morgan fingerprint density at radius 2 is 1.70 bits per heavy atom. The number of benzene rings is 2. The van der Waals surface area contributed by atoms with E-state index in [1.165, 1.54) is 6.92 Å². The number of carbonyl (C=O) groups is 1. The number of nitrogens with two attached hydrogens (primary N) is 1. The molecule has 2 aromatic carbocycles. The van der Waals surface area contributed by atoms with Crippen LogP contribution in [0.15, 0.2) is 54.6 Å². The van der Waals surface area contributed by atoms with Gasteiger partial charge in [0.25, 0.3) is 0 Å². The van der Waals surface area contributed by atoms with Gasteiger partial charge in [0, 0.05) is 30.1 Å². The highest BCUT2D eigenvalue weighted by molar-refractivity contribution is 5.88. The van der Waals surface area contributed by atoms with Crippen LogP contribution in [0.1, 0.15) is 6.92 Å². The monoisotopic (exact) mass is 307 g/mol. The minimum absolute atomic E-state index is 0.0915. The highest BCUT2D eigenvalue weighted by Gasteiger charge is 2.04. The molecule has 1 heterocycles. The molecule has 0 aliphatic heterocycles. The first-order valence-corrected chi connectivity index (χ1v) is 7.16. The van der Waals surface area contributed by atoms with Crippen molar-refractivity contribution in [2.24, 2.45) is 0 Å². The van der Waals surface area contributed by atoms with E-state index in [1.807, 2.05) is 54.6 Å². The Bertz CT molecular complexity index is 806. The van der Waals surface area contributed by atoms with Crippen molar-refractivity contribution in [2.45, 2.75) is 6.92 Å². The number of H-pyrrole nitrogens is 1. The molecule has 0 spiro atoms. The van der Waals surface area contributed by atoms with E-state index in [-0.39, 0.29) is 5.91 Å². The quantitative estimate of drug-likeness (QED) is 0.556. The Labute approximate surface area is 133 Å². The van der Waals surface area contributed by atoms with Crippen LogP contribution in [0.25, 0.3) is 11.3 Å². The van der Waals surface area contributed by atoms with Crippen molar-refractivity contribution in [3.8, 4) is 11.3 Å².